The lowest BCUT2D eigenvalue weighted by atomic mass is 9.93. The summed E-state index contributed by atoms with van der Waals surface area (Å²) in [5.41, 5.74) is 0. The van der Waals surface area contributed by atoms with Crippen LogP contribution in [0.2, 0.25) is 0 Å². The number of aliphatic hydroxyl groups is 1. The van der Waals surface area contributed by atoms with E-state index >= 15 is 0 Å². The molecule has 6 heteroatoms. The van der Waals surface area contributed by atoms with E-state index in [0.29, 0.717) is 16.2 Å². The van der Waals surface area contributed by atoms with E-state index in [0.717, 1.165) is 38.5 Å². The van der Waals surface area contributed by atoms with Crippen molar-refractivity contribution in [3.8, 4) is 0 Å². The zero-order valence-electron chi connectivity index (χ0n) is 9.91. The van der Waals surface area contributed by atoms with E-state index in [1.807, 2.05) is 0 Å². The van der Waals surface area contributed by atoms with Crippen molar-refractivity contribution in [1.29, 1.82) is 0 Å². The Balaban J connectivity index is 2.08. The van der Waals surface area contributed by atoms with E-state index in [4.69, 9.17) is 0 Å². The number of nitrogens with zero attached hydrogens (tertiary/aromatic N) is 1. The van der Waals surface area contributed by atoms with Gasteiger partial charge in [0.15, 0.2) is 5.01 Å². The van der Waals surface area contributed by atoms with E-state index in [1.54, 1.807) is 0 Å². The molecule has 0 aromatic carbocycles. The Kier molecular flexibility index (Phi) is 4.27. The van der Waals surface area contributed by atoms with Gasteiger partial charge in [0, 0.05) is 6.20 Å². The summed E-state index contributed by atoms with van der Waals surface area (Å²) in [6.07, 6.45) is 2.14. The SMILES string of the molecule is OC(c1cnc(C(F)(F)F)s1)C1CCCCCC1. The first-order valence-corrected chi connectivity index (χ1v) is 7.01. The maximum Gasteiger partial charge on any atom is 0.443 e. The Hall–Kier alpha value is -0.620. The molecule has 2 rings (SSSR count). The van der Waals surface area contributed by atoms with Crippen molar-refractivity contribution in [3.05, 3.63) is 16.1 Å². The second kappa shape index (κ2) is 5.57. The maximum atomic E-state index is 12.4. The number of aromatic nitrogens is 1. The molecule has 0 radical (unpaired) electrons. The summed E-state index contributed by atoms with van der Waals surface area (Å²) in [7, 11) is 0. The molecule has 1 N–H and O–H groups in total. The average Bonchev–Trinajstić information content (AvgIpc) is 2.65. The van der Waals surface area contributed by atoms with Crippen LogP contribution in [0.3, 0.4) is 0 Å². The van der Waals surface area contributed by atoms with Crippen LogP contribution < -0.4 is 0 Å². The van der Waals surface area contributed by atoms with Crippen LogP contribution in [-0.2, 0) is 6.18 Å². The number of alkyl halides is 3. The van der Waals surface area contributed by atoms with Gasteiger partial charge in [0.05, 0.1) is 11.0 Å². The standard InChI is InChI=1S/C12H16F3NOS/c13-12(14,15)11-16-7-9(18-11)10(17)8-5-3-1-2-4-6-8/h7-8,10,17H,1-6H2. The Bertz CT molecular complexity index is 383. The van der Waals surface area contributed by atoms with Crippen molar-refractivity contribution in [3.63, 3.8) is 0 Å². The molecule has 1 heterocycles. The average molecular weight is 279 g/mol. The van der Waals surface area contributed by atoms with Crippen molar-refractivity contribution in [2.45, 2.75) is 50.8 Å². The second-order valence-corrected chi connectivity index (χ2v) is 5.82. The molecule has 0 saturated heterocycles. The monoisotopic (exact) mass is 279 g/mol. The third kappa shape index (κ3) is 3.23. The number of hydrogen-bond acceptors (Lipinski definition) is 3. The molecule has 1 saturated carbocycles. The Morgan fingerprint density at radius 3 is 2.33 bits per heavy atom. The van der Waals surface area contributed by atoms with Gasteiger partial charge < -0.3 is 5.11 Å². The summed E-state index contributed by atoms with van der Waals surface area (Å²) in [6, 6.07) is 0. The van der Waals surface area contributed by atoms with E-state index < -0.39 is 17.3 Å². The first kappa shape index (κ1) is 13.8. The van der Waals surface area contributed by atoms with E-state index in [-0.39, 0.29) is 5.92 Å². The molecule has 18 heavy (non-hydrogen) atoms. The van der Waals surface area contributed by atoms with Crippen molar-refractivity contribution in [2.24, 2.45) is 5.92 Å². The Labute approximate surface area is 108 Å². The molecule has 1 unspecified atom stereocenters. The van der Waals surface area contributed by atoms with Crippen molar-refractivity contribution >= 4 is 11.3 Å². The molecule has 102 valence electrons. The number of thiazole rings is 1. The van der Waals surface area contributed by atoms with Gasteiger partial charge in [0.1, 0.15) is 0 Å². The summed E-state index contributed by atoms with van der Waals surface area (Å²) < 4.78 is 37.3. The number of rotatable bonds is 2. The van der Waals surface area contributed by atoms with Crippen LogP contribution in [0.25, 0.3) is 0 Å². The Morgan fingerprint density at radius 2 is 1.83 bits per heavy atom. The summed E-state index contributed by atoms with van der Waals surface area (Å²) in [4.78, 5) is 3.70. The molecule has 0 spiro atoms. The van der Waals surface area contributed by atoms with Gasteiger partial charge in [0.2, 0.25) is 0 Å². The van der Waals surface area contributed by atoms with E-state index in [1.165, 1.54) is 6.20 Å². The van der Waals surface area contributed by atoms with Gasteiger partial charge in [-0.05, 0) is 18.8 Å². The fraction of sp³-hybridized carbons (Fsp3) is 0.750. The lowest BCUT2D eigenvalue weighted by Gasteiger charge is -2.19. The minimum absolute atomic E-state index is 0.0778. The fourth-order valence-corrected chi connectivity index (χ4v) is 3.28. The molecule has 0 amide bonds. The zero-order chi connectivity index (χ0) is 13.2. The van der Waals surface area contributed by atoms with Crippen molar-refractivity contribution in [1.82, 2.24) is 4.98 Å². The molecule has 2 nitrogen and oxygen atoms in total. The van der Waals surface area contributed by atoms with Crippen LogP contribution >= 0.6 is 11.3 Å². The Morgan fingerprint density at radius 1 is 1.22 bits per heavy atom. The van der Waals surface area contributed by atoms with Crippen LogP contribution in [0.15, 0.2) is 6.20 Å². The molecule has 1 fully saturated rings. The molecule has 1 aromatic heterocycles. The summed E-state index contributed by atoms with van der Waals surface area (Å²) in [6.45, 7) is 0. The third-order valence-electron chi connectivity index (χ3n) is 3.40. The van der Waals surface area contributed by atoms with Crippen LogP contribution in [0.5, 0.6) is 0 Å². The van der Waals surface area contributed by atoms with Crippen molar-refractivity contribution < 1.29 is 18.3 Å². The molecule has 0 aliphatic heterocycles. The topological polar surface area (TPSA) is 33.1 Å². The molecule has 1 aliphatic rings. The molecular formula is C12H16F3NOS. The van der Waals surface area contributed by atoms with Gasteiger partial charge in [-0.15, -0.1) is 11.3 Å². The van der Waals surface area contributed by atoms with Gasteiger partial charge in [-0.25, -0.2) is 4.98 Å². The van der Waals surface area contributed by atoms with Gasteiger partial charge >= 0.3 is 6.18 Å². The third-order valence-corrected chi connectivity index (χ3v) is 4.52. The van der Waals surface area contributed by atoms with Crippen LogP contribution in [-0.4, -0.2) is 10.1 Å². The molecule has 0 bridgehead atoms. The minimum Gasteiger partial charge on any atom is -0.387 e. The summed E-state index contributed by atoms with van der Waals surface area (Å²) >= 11 is 0.562. The highest BCUT2D eigenvalue weighted by Gasteiger charge is 2.36. The zero-order valence-corrected chi connectivity index (χ0v) is 10.7. The maximum absolute atomic E-state index is 12.4. The predicted molar refractivity (Wildman–Crippen MR) is 63.3 cm³/mol. The highest BCUT2D eigenvalue weighted by atomic mass is 32.1. The fourth-order valence-electron chi connectivity index (χ4n) is 2.41. The van der Waals surface area contributed by atoms with Crippen LogP contribution in [0, 0.1) is 5.92 Å². The lowest BCUT2D eigenvalue weighted by molar-refractivity contribution is -0.137. The number of hydrogen-bond donors (Lipinski definition) is 1. The molecular weight excluding hydrogens is 263 g/mol. The highest BCUT2D eigenvalue weighted by molar-refractivity contribution is 7.11. The molecule has 1 aromatic rings. The molecule has 1 aliphatic carbocycles. The molecule has 1 atom stereocenters. The highest BCUT2D eigenvalue weighted by Crippen LogP contribution is 2.39. The van der Waals surface area contributed by atoms with E-state index in [9.17, 15) is 18.3 Å². The normalized spacial score (nSPS) is 20.7. The van der Waals surface area contributed by atoms with Gasteiger partial charge in [-0.3, -0.25) is 0 Å². The van der Waals surface area contributed by atoms with Crippen LogP contribution in [0.4, 0.5) is 13.2 Å². The minimum atomic E-state index is -4.41. The first-order chi connectivity index (χ1) is 8.48. The smallest absolute Gasteiger partial charge is 0.387 e. The largest absolute Gasteiger partial charge is 0.443 e. The lowest BCUT2D eigenvalue weighted by Crippen LogP contribution is -2.10. The number of halogens is 3. The quantitative estimate of drug-likeness (QED) is 0.824. The van der Waals surface area contributed by atoms with Gasteiger partial charge in [-0.1, -0.05) is 25.7 Å². The summed E-state index contributed by atoms with van der Waals surface area (Å²) in [5.74, 6) is 0.0778. The summed E-state index contributed by atoms with van der Waals surface area (Å²) in [5, 5.41) is 9.28. The van der Waals surface area contributed by atoms with Gasteiger partial charge in [0.25, 0.3) is 0 Å². The van der Waals surface area contributed by atoms with Crippen LogP contribution in [0.1, 0.15) is 54.5 Å². The predicted octanol–water partition coefficient (Wildman–Crippen LogP) is 4.17. The second-order valence-electron chi connectivity index (χ2n) is 4.76. The van der Waals surface area contributed by atoms with Gasteiger partial charge in [-0.2, -0.15) is 13.2 Å². The van der Waals surface area contributed by atoms with Crippen molar-refractivity contribution in [2.75, 3.05) is 0 Å². The first-order valence-electron chi connectivity index (χ1n) is 6.19. The van der Waals surface area contributed by atoms with E-state index in [2.05, 4.69) is 4.98 Å². The number of aliphatic hydroxyl groups excluding tert-OH is 1.